The summed E-state index contributed by atoms with van der Waals surface area (Å²) >= 11 is 0. The second-order valence-electron chi connectivity index (χ2n) is 4.60. The smallest absolute Gasteiger partial charge is 0.123 e. The van der Waals surface area contributed by atoms with Crippen molar-refractivity contribution in [3.8, 4) is 0 Å². The first-order valence-corrected chi connectivity index (χ1v) is 5.91. The average molecular weight is 238 g/mol. The lowest BCUT2D eigenvalue weighted by Gasteiger charge is -2.35. The lowest BCUT2D eigenvalue weighted by atomic mass is 9.98. The highest BCUT2D eigenvalue weighted by Crippen LogP contribution is 2.23. The van der Waals surface area contributed by atoms with E-state index in [1.54, 1.807) is 0 Å². The van der Waals surface area contributed by atoms with Crippen molar-refractivity contribution < 1.29 is 9.13 Å². The molecule has 0 aromatic heterocycles. The van der Waals surface area contributed by atoms with E-state index < -0.39 is 0 Å². The van der Waals surface area contributed by atoms with Crippen LogP contribution in [0.1, 0.15) is 11.6 Å². The molecule has 4 heteroatoms. The zero-order valence-corrected chi connectivity index (χ0v) is 10.3. The standard InChI is InChI=1S/C13H19FN2O/c1-16(2)13(12-9-17-8-7-15-12)10-3-5-11(14)6-4-10/h3-6,12-13,15H,7-9H2,1-2H3. The molecule has 94 valence electrons. The van der Waals surface area contributed by atoms with Crippen molar-refractivity contribution in [2.24, 2.45) is 0 Å². The SMILES string of the molecule is CN(C)C(c1ccc(F)cc1)C1COCCN1. The maximum atomic E-state index is 12.9. The molecule has 2 atom stereocenters. The van der Waals surface area contributed by atoms with E-state index in [1.165, 1.54) is 12.1 Å². The van der Waals surface area contributed by atoms with Gasteiger partial charge in [0, 0.05) is 6.54 Å². The van der Waals surface area contributed by atoms with E-state index in [0.29, 0.717) is 6.61 Å². The van der Waals surface area contributed by atoms with Crippen molar-refractivity contribution in [3.05, 3.63) is 35.6 Å². The number of ether oxygens (including phenoxy) is 1. The summed E-state index contributed by atoms with van der Waals surface area (Å²) in [6.45, 7) is 2.33. The topological polar surface area (TPSA) is 24.5 Å². The second-order valence-corrected chi connectivity index (χ2v) is 4.60. The fourth-order valence-corrected chi connectivity index (χ4v) is 2.34. The van der Waals surface area contributed by atoms with Gasteiger partial charge < -0.3 is 15.0 Å². The van der Waals surface area contributed by atoms with Crippen LogP contribution in [-0.4, -0.2) is 44.8 Å². The zero-order chi connectivity index (χ0) is 12.3. The van der Waals surface area contributed by atoms with Crippen LogP contribution in [0.5, 0.6) is 0 Å². The molecule has 1 aromatic rings. The van der Waals surface area contributed by atoms with Gasteiger partial charge in [-0.2, -0.15) is 0 Å². The molecule has 0 radical (unpaired) electrons. The Hall–Kier alpha value is -0.970. The Balaban J connectivity index is 2.18. The first-order chi connectivity index (χ1) is 8.18. The molecule has 1 fully saturated rings. The number of hydrogen-bond acceptors (Lipinski definition) is 3. The molecule has 0 saturated carbocycles. The van der Waals surface area contributed by atoms with Crippen LogP contribution in [-0.2, 0) is 4.74 Å². The van der Waals surface area contributed by atoms with Gasteiger partial charge in [0.15, 0.2) is 0 Å². The van der Waals surface area contributed by atoms with Crippen LogP contribution in [0, 0.1) is 5.82 Å². The predicted molar refractivity (Wildman–Crippen MR) is 65.4 cm³/mol. The van der Waals surface area contributed by atoms with Crippen LogP contribution >= 0.6 is 0 Å². The van der Waals surface area contributed by atoms with Gasteiger partial charge in [-0.3, -0.25) is 0 Å². The Morgan fingerprint density at radius 3 is 2.59 bits per heavy atom. The molecular formula is C13H19FN2O. The number of halogens is 1. The highest BCUT2D eigenvalue weighted by molar-refractivity contribution is 5.21. The summed E-state index contributed by atoms with van der Waals surface area (Å²) in [5.74, 6) is -0.195. The zero-order valence-electron chi connectivity index (χ0n) is 10.3. The van der Waals surface area contributed by atoms with E-state index in [0.717, 1.165) is 18.7 Å². The third-order valence-corrected chi connectivity index (χ3v) is 3.10. The molecule has 2 unspecified atom stereocenters. The van der Waals surface area contributed by atoms with Gasteiger partial charge in [-0.1, -0.05) is 12.1 Å². The molecule has 2 rings (SSSR count). The minimum atomic E-state index is -0.195. The summed E-state index contributed by atoms with van der Waals surface area (Å²) in [6.07, 6.45) is 0. The van der Waals surface area contributed by atoms with Gasteiger partial charge in [-0.15, -0.1) is 0 Å². The van der Waals surface area contributed by atoms with Crippen molar-refractivity contribution in [2.75, 3.05) is 33.9 Å². The number of hydrogen-bond donors (Lipinski definition) is 1. The second kappa shape index (κ2) is 5.58. The highest BCUT2D eigenvalue weighted by Gasteiger charge is 2.26. The minimum absolute atomic E-state index is 0.195. The number of morpholine rings is 1. The molecular weight excluding hydrogens is 219 g/mol. The van der Waals surface area contributed by atoms with Crippen molar-refractivity contribution in [1.82, 2.24) is 10.2 Å². The van der Waals surface area contributed by atoms with Gasteiger partial charge >= 0.3 is 0 Å². The molecule has 0 aliphatic carbocycles. The Bertz CT molecular complexity index is 347. The summed E-state index contributed by atoms with van der Waals surface area (Å²) < 4.78 is 18.4. The van der Waals surface area contributed by atoms with Crippen molar-refractivity contribution in [2.45, 2.75) is 12.1 Å². The quantitative estimate of drug-likeness (QED) is 0.862. The van der Waals surface area contributed by atoms with Crippen LogP contribution in [0.15, 0.2) is 24.3 Å². The first-order valence-electron chi connectivity index (χ1n) is 5.91. The molecule has 1 aliphatic rings. The van der Waals surface area contributed by atoms with E-state index in [-0.39, 0.29) is 17.9 Å². The largest absolute Gasteiger partial charge is 0.378 e. The molecule has 0 bridgehead atoms. The monoisotopic (exact) mass is 238 g/mol. The molecule has 0 spiro atoms. The minimum Gasteiger partial charge on any atom is -0.378 e. The van der Waals surface area contributed by atoms with E-state index in [2.05, 4.69) is 10.2 Å². The third kappa shape index (κ3) is 3.03. The molecule has 3 nitrogen and oxygen atoms in total. The molecule has 1 N–H and O–H groups in total. The van der Waals surface area contributed by atoms with Crippen molar-refractivity contribution >= 4 is 0 Å². The number of rotatable bonds is 3. The summed E-state index contributed by atoms with van der Waals surface area (Å²) in [4.78, 5) is 2.14. The van der Waals surface area contributed by atoms with Crippen LogP contribution < -0.4 is 5.32 Å². The summed E-state index contributed by atoms with van der Waals surface area (Å²) in [5.41, 5.74) is 1.11. The van der Waals surface area contributed by atoms with Gasteiger partial charge in [0.05, 0.1) is 25.3 Å². The number of nitrogens with one attached hydrogen (secondary N) is 1. The van der Waals surface area contributed by atoms with Gasteiger partial charge in [0.2, 0.25) is 0 Å². The van der Waals surface area contributed by atoms with Gasteiger partial charge in [0.1, 0.15) is 5.82 Å². The Morgan fingerprint density at radius 1 is 1.35 bits per heavy atom. The van der Waals surface area contributed by atoms with E-state index in [1.807, 2.05) is 26.2 Å². The molecule has 1 saturated heterocycles. The normalized spacial score (nSPS) is 22.7. The molecule has 0 amide bonds. The molecule has 1 aromatic carbocycles. The molecule has 1 aliphatic heterocycles. The Morgan fingerprint density at radius 2 is 2.06 bits per heavy atom. The van der Waals surface area contributed by atoms with Gasteiger partial charge in [-0.05, 0) is 31.8 Å². The Labute approximate surface area is 102 Å². The maximum absolute atomic E-state index is 12.9. The summed E-state index contributed by atoms with van der Waals surface area (Å²) in [7, 11) is 4.06. The van der Waals surface area contributed by atoms with E-state index >= 15 is 0 Å². The van der Waals surface area contributed by atoms with Gasteiger partial charge in [0.25, 0.3) is 0 Å². The van der Waals surface area contributed by atoms with E-state index in [9.17, 15) is 4.39 Å². The van der Waals surface area contributed by atoms with Crippen LogP contribution in [0.4, 0.5) is 4.39 Å². The van der Waals surface area contributed by atoms with Crippen molar-refractivity contribution in [3.63, 3.8) is 0 Å². The first kappa shape index (κ1) is 12.5. The summed E-state index contributed by atoms with van der Waals surface area (Å²) in [5, 5.41) is 3.45. The average Bonchev–Trinajstić information content (AvgIpc) is 2.33. The fourth-order valence-electron chi connectivity index (χ4n) is 2.34. The number of nitrogens with zero attached hydrogens (tertiary/aromatic N) is 1. The van der Waals surface area contributed by atoms with Crippen molar-refractivity contribution in [1.29, 1.82) is 0 Å². The predicted octanol–water partition coefficient (Wildman–Crippen LogP) is 1.42. The third-order valence-electron chi connectivity index (χ3n) is 3.10. The highest BCUT2D eigenvalue weighted by atomic mass is 19.1. The summed E-state index contributed by atoms with van der Waals surface area (Å²) in [6, 6.07) is 7.16. The lowest BCUT2D eigenvalue weighted by Crippen LogP contribution is -2.48. The number of likely N-dealkylation sites (N-methyl/N-ethyl adjacent to an activating group) is 1. The van der Waals surface area contributed by atoms with Crippen LogP contribution in [0.3, 0.4) is 0 Å². The lowest BCUT2D eigenvalue weighted by molar-refractivity contribution is 0.0459. The van der Waals surface area contributed by atoms with Gasteiger partial charge in [-0.25, -0.2) is 4.39 Å². The Kier molecular flexibility index (Phi) is 4.10. The molecule has 17 heavy (non-hydrogen) atoms. The maximum Gasteiger partial charge on any atom is 0.123 e. The number of benzene rings is 1. The van der Waals surface area contributed by atoms with Crippen LogP contribution in [0.2, 0.25) is 0 Å². The molecule has 1 heterocycles. The van der Waals surface area contributed by atoms with Crippen LogP contribution in [0.25, 0.3) is 0 Å². The fraction of sp³-hybridized carbons (Fsp3) is 0.538. The van der Waals surface area contributed by atoms with E-state index in [4.69, 9.17) is 4.74 Å².